The number of amides is 1. The standard InChI is InChI=1S/C16H21ClN6O2S/c1-21-16(18-19-20-21)26-12-15(24)23-8-6-22(7-9-23)10-11-25-14-4-2-13(17)3-5-14/h2-5H,6-12H2,1H3/p+1. The monoisotopic (exact) mass is 397 g/mol. The van der Waals surface area contributed by atoms with Gasteiger partial charge in [-0.3, -0.25) is 4.79 Å². The van der Waals surface area contributed by atoms with Crippen LogP contribution in [0.3, 0.4) is 0 Å². The van der Waals surface area contributed by atoms with Crippen LogP contribution < -0.4 is 9.64 Å². The van der Waals surface area contributed by atoms with Gasteiger partial charge in [0.25, 0.3) is 0 Å². The van der Waals surface area contributed by atoms with Crippen LogP contribution in [0.1, 0.15) is 0 Å². The fraction of sp³-hybridized carbons (Fsp3) is 0.500. The summed E-state index contributed by atoms with van der Waals surface area (Å²) in [5, 5.41) is 12.6. The van der Waals surface area contributed by atoms with Crippen molar-refractivity contribution in [2.75, 3.05) is 45.1 Å². The van der Waals surface area contributed by atoms with E-state index in [0.29, 0.717) is 22.5 Å². The SMILES string of the molecule is Cn1nnnc1SCC(=O)N1CC[NH+](CCOc2ccc(Cl)cc2)CC1. The normalized spacial score (nSPS) is 15.2. The second-order valence-corrected chi connectivity index (χ2v) is 7.44. The zero-order valence-electron chi connectivity index (χ0n) is 14.6. The summed E-state index contributed by atoms with van der Waals surface area (Å²) in [5.41, 5.74) is 0. The van der Waals surface area contributed by atoms with E-state index in [1.54, 1.807) is 11.7 Å². The summed E-state index contributed by atoms with van der Waals surface area (Å²) in [6, 6.07) is 7.39. The Labute approximate surface area is 161 Å². The highest BCUT2D eigenvalue weighted by molar-refractivity contribution is 7.99. The first-order valence-electron chi connectivity index (χ1n) is 8.46. The summed E-state index contributed by atoms with van der Waals surface area (Å²) in [5.74, 6) is 1.33. The third-order valence-corrected chi connectivity index (χ3v) is 5.51. The van der Waals surface area contributed by atoms with Crippen LogP contribution in [-0.4, -0.2) is 76.1 Å². The first-order chi connectivity index (χ1) is 12.6. The molecule has 0 spiro atoms. The number of nitrogens with one attached hydrogen (secondary N) is 1. The average Bonchev–Trinajstić information content (AvgIpc) is 3.07. The van der Waals surface area contributed by atoms with Crippen molar-refractivity contribution in [2.45, 2.75) is 5.16 Å². The van der Waals surface area contributed by atoms with E-state index in [4.69, 9.17) is 16.3 Å². The maximum absolute atomic E-state index is 12.3. The number of hydrogen-bond donors (Lipinski definition) is 1. The predicted octanol–water partition coefficient (Wildman–Crippen LogP) is -0.238. The Morgan fingerprint density at radius 2 is 2.04 bits per heavy atom. The number of ether oxygens (including phenoxy) is 1. The molecule has 3 rings (SSSR count). The predicted molar refractivity (Wildman–Crippen MR) is 98.6 cm³/mol. The molecule has 1 aliphatic heterocycles. The van der Waals surface area contributed by atoms with Crippen molar-refractivity contribution in [3.05, 3.63) is 29.3 Å². The molecule has 1 fully saturated rings. The Kier molecular flexibility index (Phi) is 6.70. The Morgan fingerprint density at radius 3 is 2.69 bits per heavy atom. The van der Waals surface area contributed by atoms with Crippen molar-refractivity contribution in [3.8, 4) is 5.75 Å². The van der Waals surface area contributed by atoms with Gasteiger partial charge < -0.3 is 14.5 Å². The first kappa shape index (κ1) is 18.9. The summed E-state index contributed by atoms with van der Waals surface area (Å²) in [4.78, 5) is 15.7. The quantitative estimate of drug-likeness (QED) is 0.650. The molecule has 10 heteroatoms. The molecule has 0 unspecified atom stereocenters. The van der Waals surface area contributed by atoms with Crippen LogP contribution in [0.15, 0.2) is 29.4 Å². The number of benzene rings is 1. The number of carbonyl (C=O) groups is 1. The number of carbonyl (C=O) groups excluding carboxylic acids is 1. The fourth-order valence-electron chi connectivity index (χ4n) is 2.73. The molecule has 8 nitrogen and oxygen atoms in total. The molecule has 26 heavy (non-hydrogen) atoms. The largest absolute Gasteiger partial charge is 0.488 e. The highest BCUT2D eigenvalue weighted by atomic mass is 35.5. The van der Waals surface area contributed by atoms with Crippen LogP contribution >= 0.6 is 23.4 Å². The smallest absolute Gasteiger partial charge is 0.233 e. The lowest BCUT2D eigenvalue weighted by atomic mass is 10.3. The summed E-state index contributed by atoms with van der Waals surface area (Å²) >= 11 is 7.23. The molecule has 1 amide bonds. The van der Waals surface area contributed by atoms with Crippen LogP contribution in [0.5, 0.6) is 5.75 Å². The average molecular weight is 398 g/mol. The second kappa shape index (κ2) is 9.20. The van der Waals surface area contributed by atoms with Crippen LogP contribution in [0.2, 0.25) is 5.02 Å². The van der Waals surface area contributed by atoms with Gasteiger partial charge >= 0.3 is 0 Å². The number of thioether (sulfide) groups is 1. The highest BCUT2D eigenvalue weighted by Crippen LogP contribution is 2.15. The Balaban J connectivity index is 1.33. The third kappa shape index (κ3) is 5.33. The van der Waals surface area contributed by atoms with Gasteiger partial charge in [-0.05, 0) is 34.7 Å². The number of quaternary nitrogens is 1. The van der Waals surface area contributed by atoms with Gasteiger partial charge in [0.2, 0.25) is 11.1 Å². The maximum atomic E-state index is 12.3. The van der Waals surface area contributed by atoms with Crippen molar-refractivity contribution in [1.82, 2.24) is 25.1 Å². The van der Waals surface area contributed by atoms with Crippen molar-refractivity contribution in [3.63, 3.8) is 0 Å². The number of rotatable bonds is 7. The number of tetrazole rings is 1. The van der Waals surface area contributed by atoms with Crippen LogP contribution in [0, 0.1) is 0 Å². The molecular weight excluding hydrogens is 376 g/mol. The molecule has 1 aromatic carbocycles. The lowest BCUT2D eigenvalue weighted by Crippen LogP contribution is -3.15. The zero-order chi connectivity index (χ0) is 18.4. The molecule has 2 heterocycles. The molecule has 140 valence electrons. The zero-order valence-corrected chi connectivity index (χ0v) is 16.2. The molecule has 1 N–H and O–H groups in total. The van der Waals surface area contributed by atoms with E-state index in [9.17, 15) is 4.79 Å². The fourth-order valence-corrected chi connectivity index (χ4v) is 3.61. The van der Waals surface area contributed by atoms with Gasteiger partial charge in [-0.25, -0.2) is 4.68 Å². The minimum absolute atomic E-state index is 0.134. The molecule has 1 aliphatic rings. The maximum Gasteiger partial charge on any atom is 0.233 e. The Morgan fingerprint density at radius 1 is 1.31 bits per heavy atom. The number of aryl methyl sites for hydroxylation is 1. The Hall–Kier alpha value is -1.84. The molecule has 0 atom stereocenters. The van der Waals surface area contributed by atoms with E-state index in [0.717, 1.165) is 38.5 Å². The summed E-state index contributed by atoms with van der Waals surface area (Å²) in [7, 11) is 1.76. The van der Waals surface area contributed by atoms with Gasteiger partial charge in [0.05, 0.1) is 31.9 Å². The van der Waals surface area contributed by atoms with Gasteiger partial charge in [0.1, 0.15) is 18.9 Å². The second-order valence-electron chi connectivity index (χ2n) is 6.06. The van der Waals surface area contributed by atoms with E-state index >= 15 is 0 Å². The lowest BCUT2D eigenvalue weighted by molar-refractivity contribution is -0.904. The topological polar surface area (TPSA) is 77.6 Å². The molecule has 1 saturated heterocycles. The van der Waals surface area contributed by atoms with E-state index in [2.05, 4.69) is 15.5 Å². The number of piperazine rings is 1. The summed E-state index contributed by atoms with van der Waals surface area (Å²) in [6.45, 7) is 4.99. The number of hydrogen-bond acceptors (Lipinski definition) is 6. The van der Waals surface area contributed by atoms with Crippen molar-refractivity contribution in [2.24, 2.45) is 7.05 Å². The Bertz CT molecular complexity index is 718. The third-order valence-electron chi connectivity index (χ3n) is 4.27. The van der Waals surface area contributed by atoms with Crippen LogP contribution in [0.4, 0.5) is 0 Å². The molecule has 0 radical (unpaired) electrons. The molecule has 1 aromatic heterocycles. The van der Waals surface area contributed by atoms with Gasteiger partial charge in [-0.15, -0.1) is 5.10 Å². The number of halogens is 1. The van der Waals surface area contributed by atoms with Gasteiger partial charge in [-0.1, -0.05) is 23.4 Å². The minimum Gasteiger partial charge on any atom is -0.488 e. The van der Waals surface area contributed by atoms with E-state index in [1.165, 1.54) is 16.7 Å². The van der Waals surface area contributed by atoms with Gasteiger partial charge in [0.15, 0.2) is 0 Å². The lowest BCUT2D eigenvalue weighted by Gasteiger charge is -2.32. The van der Waals surface area contributed by atoms with Crippen molar-refractivity contribution in [1.29, 1.82) is 0 Å². The van der Waals surface area contributed by atoms with E-state index < -0.39 is 0 Å². The first-order valence-corrected chi connectivity index (χ1v) is 9.83. The van der Waals surface area contributed by atoms with Crippen molar-refractivity contribution >= 4 is 29.3 Å². The van der Waals surface area contributed by atoms with Crippen LogP contribution in [0.25, 0.3) is 0 Å². The minimum atomic E-state index is 0.134. The molecule has 0 aliphatic carbocycles. The molecule has 0 saturated carbocycles. The van der Waals surface area contributed by atoms with Gasteiger partial charge in [0, 0.05) is 12.1 Å². The summed E-state index contributed by atoms with van der Waals surface area (Å²) < 4.78 is 7.31. The number of nitrogens with zero attached hydrogens (tertiary/aromatic N) is 5. The summed E-state index contributed by atoms with van der Waals surface area (Å²) in [6.07, 6.45) is 0. The molecule has 0 bridgehead atoms. The van der Waals surface area contributed by atoms with Gasteiger partial charge in [-0.2, -0.15) is 0 Å². The number of aromatic nitrogens is 4. The van der Waals surface area contributed by atoms with E-state index in [1.807, 2.05) is 29.2 Å². The van der Waals surface area contributed by atoms with E-state index in [-0.39, 0.29) is 5.91 Å². The van der Waals surface area contributed by atoms with Crippen molar-refractivity contribution < 1.29 is 14.4 Å². The molecular formula is C16H22ClN6O2S+. The van der Waals surface area contributed by atoms with Crippen LogP contribution in [-0.2, 0) is 11.8 Å². The molecule has 2 aromatic rings. The highest BCUT2D eigenvalue weighted by Gasteiger charge is 2.23.